The fraction of sp³-hybridized carbons (Fsp3) is 0. The average molecular weight is 271 g/mol. The van der Waals surface area contributed by atoms with Gasteiger partial charge in [0.1, 0.15) is 0 Å². The van der Waals surface area contributed by atoms with E-state index in [0.29, 0.717) is 16.3 Å². The van der Waals surface area contributed by atoms with E-state index < -0.39 is 0 Å². The number of benzene rings is 2. The Hall–Kier alpha value is -2.26. The number of aromatic amines is 1. The van der Waals surface area contributed by atoms with Crippen molar-refractivity contribution in [3.05, 3.63) is 65.3 Å². The van der Waals surface area contributed by atoms with Crippen LogP contribution in [-0.2, 0) is 0 Å². The van der Waals surface area contributed by atoms with E-state index in [2.05, 4.69) is 10.3 Å². The van der Waals surface area contributed by atoms with E-state index in [1.165, 1.54) is 0 Å². The number of nitrogens with one attached hydrogen (secondary N) is 2. The molecule has 2 N–H and O–H groups in total. The third-order valence-electron chi connectivity index (χ3n) is 2.94. The molecule has 0 aliphatic rings. The summed E-state index contributed by atoms with van der Waals surface area (Å²) in [4.78, 5) is 15.2. The molecule has 0 bridgehead atoms. The maximum atomic E-state index is 12.1. The highest BCUT2D eigenvalue weighted by molar-refractivity contribution is 6.33. The normalized spacial score (nSPS) is 10.6. The van der Waals surface area contributed by atoms with E-state index in [9.17, 15) is 4.79 Å². The molecule has 3 nitrogen and oxygen atoms in total. The molecule has 3 rings (SSSR count). The Kier molecular flexibility index (Phi) is 2.97. The quantitative estimate of drug-likeness (QED) is 0.724. The average Bonchev–Trinajstić information content (AvgIpc) is 2.88. The first-order valence-corrected chi connectivity index (χ1v) is 6.25. The zero-order chi connectivity index (χ0) is 13.2. The summed E-state index contributed by atoms with van der Waals surface area (Å²) in [6.07, 6.45) is 1.85. The van der Waals surface area contributed by atoms with E-state index in [-0.39, 0.29) is 5.91 Å². The molecule has 0 saturated heterocycles. The molecule has 3 aromatic rings. The van der Waals surface area contributed by atoms with Gasteiger partial charge < -0.3 is 10.3 Å². The van der Waals surface area contributed by atoms with Crippen LogP contribution in [0.3, 0.4) is 0 Å². The van der Waals surface area contributed by atoms with Gasteiger partial charge in [-0.2, -0.15) is 0 Å². The van der Waals surface area contributed by atoms with Crippen molar-refractivity contribution in [2.24, 2.45) is 0 Å². The van der Waals surface area contributed by atoms with Crippen LogP contribution < -0.4 is 5.32 Å². The molecule has 0 fully saturated rings. The van der Waals surface area contributed by atoms with Gasteiger partial charge in [-0.25, -0.2) is 0 Å². The number of rotatable bonds is 2. The van der Waals surface area contributed by atoms with Crippen LogP contribution in [0.15, 0.2) is 54.7 Å². The Morgan fingerprint density at radius 3 is 2.79 bits per heavy atom. The summed E-state index contributed by atoms with van der Waals surface area (Å²) in [6, 6.07) is 14.7. The number of hydrogen-bond acceptors (Lipinski definition) is 1. The zero-order valence-electron chi connectivity index (χ0n) is 9.98. The second-order valence-electron chi connectivity index (χ2n) is 4.21. The summed E-state index contributed by atoms with van der Waals surface area (Å²) in [5, 5.41) is 4.40. The summed E-state index contributed by atoms with van der Waals surface area (Å²) < 4.78 is 0. The number of amides is 1. The predicted octanol–water partition coefficient (Wildman–Crippen LogP) is 4.07. The first-order valence-electron chi connectivity index (χ1n) is 5.87. The molecule has 0 spiro atoms. The Morgan fingerprint density at radius 1 is 1.11 bits per heavy atom. The van der Waals surface area contributed by atoms with Gasteiger partial charge in [0, 0.05) is 17.3 Å². The highest BCUT2D eigenvalue weighted by atomic mass is 35.5. The van der Waals surface area contributed by atoms with Crippen molar-refractivity contribution in [2.45, 2.75) is 0 Å². The number of anilines is 1. The van der Waals surface area contributed by atoms with Crippen LogP contribution in [0.5, 0.6) is 0 Å². The molecule has 1 amide bonds. The molecule has 1 heterocycles. The third kappa shape index (κ3) is 2.33. The first kappa shape index (κ1) is 11.8. The summed E-state index contributed by atoms with van der Waals surface area (Å²) in [5.74, 6) is -0.176. The van der Waals surface area contributed by atoms with Gasteiger partial charge in [-0.05, 0) is 35.7 Å². The molecule has 0 aliphatic heterocycles. The predicted molar refractivity (Wildman–Crippen MR) is 77.7 cm³/mol. The maximum absolute atomic E-state index is 12.1. The molecule has 19 heavy (non-hydrogen) atoms. The highest BCUT2D eigenvalue weighted by Crippen LogP contribution is 2.22. The van der Waals surface area contributed by atoms with Crippen LogP contribution in [0.1, 0.15) is 10.4 Å². The van der Waals surface area contributed by atoms with E-state index in [1.54, 1.807) is 18.2 Å². The first-order chi connectivity index (χ1) is 9.24. The zero-order valence-corrected chi connectivity index (χ0v) is 10.7. The van der Waals surface area contributed by atoms with Crippen LogP contribution in [-0.4, -0.2) is 10.9 Å². The standard InChI is InChI=1S/C15H11ClN2O/c16-12-3-1-2-4-13(12)18-15(19)11-6-5-10-7-8-17-14(10)9-11/h1-9,17H,(H,18,19). The van der Waals surface area contributed by atoms with Crippen molar-refractivity contribution >= 4 is 34.1 Å². The fourth-order valence-electron chi connectivity index (χ4n) is 1.95. The molecule has 4 heteroatoms. The topological polar surface area (TPSA) is 44.9 Å². The second-order valence-corrected chi connectivity index (χ2v) is 4.62. The monoisotopic (exact) mass is 270 g/mol. The molecule has 0 radical (unpaired) electrons. The van der Waals surface area contributed by atoms with Crippen molar-refractivity contribution in [1.29, 1.82) is 0 Å². The number of carbonyl (C=O) groups excluding carboxylic acids is 1. The van der Waals surface area contributed by atoms with Crippen molar-refractivity contribution in [1.82, 2.24) is 4.98 Å². The highest BCUT2D eigenvalue weighted by Gasteiger charge is 2.08. The fourth-order valence-corrected chi connectivity index (χ4v) is 2.13. The maximum Gasteiger partial charge on any atom is 0.255 e. The van der Waals surface area contributed by atoms with Gasteiger partial charge in [-0.3, -0.25) is 4.79 Å². The molecule has 0 unspecified atom stereocenters. The van der Waals surface area contributed by atoms with Crippen molar-refractivity contribution in [2.75, 3.05) is 5.32 Å². The number of halogens is 1. The van der Waals surface area contributed by atoms with Crippen molar-refractivity contribution in [3.8, 4) is 0 Å². The molecule has 94 valence electrons. The lowest BCUT2D eigenvalue weighted by molar-refractivity contribution is 0.102. The molecule has 1 aromatic heterocycles. The van der Waals surface area contributed by atoms with Crippen LogP contribution >= 0.6 is 11.6 Å². The number of fused-ring (bicyclic) bond motifs is 1. The van der Waals surface area contributed by atoms with Gasteiger partial charge in [0.15, 0.2) is 0 Å². The van der Waals surface area contributed by atoms with Gasteiger partial charge >= 0.3 is 0 Å². The molecule has 0 atom stereocenters. The van der Waals surface area contributed by atoms with E-state index in [0.717, 1.165) is 10.9 Å². The minimum absolute atomic E-state index is 0.176. The van der Waals surface area contributed by atoms with Crippen molar-refractivity contribution in [3.63, 3.8) is 0 Å². The molecule has 0 saturated carbocycles. The minimum Gasteiger partial charge on any atom is -0.361 e. The SMILES string of the molecule is O=C(Nc1ccccc1Cl)c1ccc2cc[nH]c2c1. The summed E-state index contributed by atoms with van der Waals surface area (Å²) in [6.45, 7) is 0. The van der Waals surface area contributed by atoms with Crippen LogP contribution in [0.2, 0.25) is 5.02 Å². The Balaban J connectivity index is 1.89. The lowest BCUT2D eigenvalue weighted by atomic mass is 10.1. The van der Waals surface area contributed by atoms with Crippen molar-refractivity contribution < 1.29 is 4.79 Å². The Morgan fingerprint density at radius 2 is 1.95 bits per heavy atom. The van der Waals surface area contributed by atoms with Crippen LogP contribution in [0, 0.1) is 0 Å². The smallest absolute Gasteiger partial charge is 0.255 e. The van der Waals surface area contributed by atoms with Gasteiger partial charge in [-0.15, -0.1) is 0 Å². The minimum atomic E-state index is -0.176. The lowest BCUT2D eigenvalue weighted by Gasteiger charge is -2.07. The van der Waals surface area contributed by atoms with E-state index in [4.69, 9.17) is 11.6 Å². The number of carbonyl (C=O) groups is 1. The lowest BCUT2D eigenvalue weighted by Crippen LogP contribution is -2.11. The largest absolute Gasteiger partial charge is 0.361 e. The van der Waals surface area contributed by atoms with Gasteiger partial charge in [-0.1, -0.05) is 29.8 Å². The molecular weight excluding hydrogens is 260 g/mol. The van der Waals surface area contributed by atoms with Gasteiger partial charge in [0.2, 0.25) is 0 Å². The van der Waals surface area contributed by atoms with E-state index >= 15 is 0 Å². The second kappa shape index (κ2) is 4.78. The number of H-pyrrole nitrogens is 1. The molecule has 2 aromatic carbocycles. The van der Waals surface area contributed by atoms with E-state index in [1.807, 2.05) is 36.5 Å². The summed E-state index contributed by atoms with van der Waals surface area (Å²) in [5.41, 5.74) is 2.14. The Labute approximate surface area is 115 Å². The Bertz CT molecular complexity index is 748. The molecule has 0 aliphatic carbocycles. The number of para-hydroxylation sites is 1. The van der Waals surface area contributed by atoms with Crippen LogP contribution in [0.4, 0.5) is 5.69 Å². The summed E-state index contributed by atoms with van der Waals surface area (Å²) >= 11 is 6.01. The number of aromatic nitrogens is 1. The number of hydrogen-bond donors (Lipinski definition) is 2. The van der Waals surface area contributed by atoms with Gasteiger partial charge in [0.25, 0.3) is 5.91 Å². The molecular formula is C15H11ClN2O. The van der Waals surface area contributed by atoms with Gasteiger partial charge in [0.05, 0.1) is 10.7 Å². The summed E-state index contributed by atoms with van der Waals surface area (Å²) in [7, 11) is 0. The third-order valence-corrected chi connectivity index (χ3v) is 3.27. The van der Waals surface area contributed by atoms with Crippen LogP contribution in [0.25, 0.3) is 10.9 Å².